The molecule has 1 aliphatic heterocycles. The summed E-state index contributed by atoms with van der Waals surface area (Å²) in [7, 11) is 3.28. The fourth-order valence-corrected chi connectivity index (χ4v) is 2.80. The number of urea groups is 1. The van der Waals surface area contributed by atoms with Crippen LogP contribution in [0.5, 0.6) is 5.75 Å². The number of carbonyl (C=O) groups is 1. The van der Waals surface area contributed by atoms with Crippen LogP contribution in [-0.4, -0.2) is 58.1 Å². The van der Waals surface area contributed by atoms with Crippen molar-refractivity contribution in [2.75, 3.05) is 47.1 Å². The molecule has 1 atom stereocenters. The molecule has 0 unspecified atom stereocenters. The predicted molar refractivity (Wildman–Crippen MR) is 92.2 cm³/mol. The Hall–Kier alpha value is -1.79. The maximum atomic E-state index is 12.6. The van der Waals surface area contributed by atoms with Gasteiger partial charge in [0.05, 0.1) is 26.9 Å². The fraction of sp³-hybridized carbons (Fsp3) is 0.611. The van der Waals surface area contributed by atoms with Crippen LogP contribution in [-0.2, 0) is 16.0 Å². The van der Waals surface area contributed by atoms with Crippen molar-refractivity contribution >= 4 is 6.03 Å². The molecule has 0 aromatic heterocycles. The van der Waals surface area contributed by atoms with Crippen LogP contribution in [0.1, 0.15) is 18.4 Å². The highest BCUT2D eigenvalue weighted by atomic mass is 16.5. The molecule has 0 radical (unpaired) electrons. The molecule has 0 saturated carbocycles. The lowest BCUT2D eigenvalue weighted by atomic mass is 10.0. The summed E-state index contributed by atoms with van der Waals surface area (Å²) in [5.74, 6) is 1.19. The lowest BCUT2D eigenvalue weighted by molar-refractivity contribution is 0.0549. The van der Waals surface area contributed by atoms with Crippen LogP contribution in [0.25, 0.3) is 0 Å². The number of rotatable bonds is 8. The van der Waals surface area contributed by atoms with E-state index in [9.17, 15) is 4.79 Å². The highest BCUT2D eigenvalue weighted by molar-refractivity contribution is 5.74. The van der Waals surface area contributed by atoms with Crippen molar-refractivity contribution in [3.05, 3.63) is 29.8 Å². The molecule has 0 bridgehead atoms. The number of amides is 2. The number of benzene rings is 1. The smallest absolute Gasteiger partial charge is 0.317 e. The third-order valence-corrected chi connectivity index (χ3v) is 4.20. The normalized spacial score (nSPS) is 17.3. The van der Waals surface area contributed by atoms with Gasteiger partial charge < -0.3 is 24.4 Å². The van der Waals surface area contributed by atoms with Crippen molar-refractivity contribution < 1.29 is 19.0 Å². The number of para-hydroxylation sites is 1. The molecule has 6 nitrogen and oxygen atoms in total. The molecule has 134 valence electrons. The first-order valence-electron chi connectivity index (χ1n) is 8.46. The van der Waals surface area contributed by atoms with Crippen LogP contribution in [0.3, 0.4) is 0 Å². The number of hydrogen-bond acceptors (Lipinski definition) is 4. The van der Waals surface area contributed by atoms with Gasteiger partial charge >= 0.3 is 6.03 Å². The minimum Gasteiger partial charge on any atom is -0.496 e. The van der Waals surface area contributed by atoms with E-state index in [1.807, 2.05) is 24.3 Å². The molecule has 2 rings (SSSR count). The maximum absolute atomic E-state index is 12.6. The third-order valence-electron chi connectivity index (χ3n) is 4.20. The van der Waals surface area contributed by atoms with Crippen LogP contribution < -0.4 is 10.1 Å². The Balaban J connectivity index is 1.94. The first kappa shape index (κ1) is 18.5. The largest absolute Gasteiger partial charge is 0.496 e. The third kappa shape index (κ3) is 5.69. The van der Waals surface area contributed by atoms with Crippen molar-refractivity contribution in [1.82, 2.24) is 10.2 Å². The Bertz CT molecular complexity index is 504. The van der Waals surface area contributed by atoms with Crippen molar-refractivity contribution in [3.8, 4) is 5.75 Å². The van der Waals surface area contributed by atoms with E-state index in [0.717, 1.165) is 37.4 Å². The standard InChI is InChI=1S/C18H28N2O4/c1-22-11-9-20(13-16-7-3-4-8-17(16)23-2)18(21)19-12-15-6-5-10-24-14-15/h3-4,7-8,15H,5-6,9-14H2,1-2H3,(H,19,21)/t15-/m0/s1. The summed E-state index contributed by atoms with van der Waals surface area (Å²) >= 11 is 0. The van der Waals surface area contributed by atoms with E-state index >= 15 is 0 Å². The van der Waals surface area contributed by atoms with E-state index in [-0.39, 0.29) is 6.03 Å². The molecule has 0 aliphatic carbocycles. The molecule has 1 fully saturated rings. The summed E-state index contributed by atoms with van der Waals surface area (Å²) in [5.41, 5.74) is 0.979. The Labute approximate surface area is 144 Å². The zero-order chi connectivity index (χ0) is 17.2. The van der Waals surface area contributed by atoms with Crippen LogP contribution in [0.2, 0.25) is 0 Å². The van der Waals surface area contributed by atoms with E-state index in [0.29, 0.717) is 32.2 Å². The predicted octanol–water partition coefficient (Wildman–Crippen LogP) is 2.28. The van der Waals surface area contributed by atoms with Crippen molar-refractivity contribution in [2.45, 2.75) is 19.4 Å². The van der Waals surface area contributed by atoms with Gasteiger partial charge in [-0.15, -0.1) is 0 Å². The van der Waals surface area contributed by atoms with Gasteiger partial charge in [-0.2, -0.15) is 0 Å². The van der Waals surface area contributed by atoms with Gasteiger partial charge in [-0.3, -0.25) is 0 Å². The molecule has 1 aliphatic rings. The Morgan fingerprint density at radius 2 is 2.21 bits per heavy atom. The van der Waals surface area contributed by atoms with Gasteiger partial charge in [0.1, 0.15) is 5.75 Å². The second-order valence-corrected chi connectivity index (χ2v) is 6.00. The molecule has 2 amide bonds. The van der Waals surface area contributed by atoms with Crippen LogP contribution in [0.15, 0.2) is 24.3 Å². The molecule has 1 heterocycles. The summed E-state index contributed by atoms with van der Waals surface area (Å²) in [4.78, 5) is 14.3. The molecule has 24 heavy (non-hydrogen) atoms. The van der Waals surface area contributed by atoms with Crippen LogP contribution in [0, 0.1) is 5.92 Å². The lowest BCUT2D eigenvalue weighted by Crippen LogP contribution is -2.43. The van der Waals surface area contributed by atoms with E-state index < -0.39 is 0 Å². The van der Waals surface area contributed by atoms with Crippen molar-refractivity contribution in [2.24, 2.45) is 5.92 Å². The zero-order valence-electron chi connectivity index (χ0n) is 14.6. The van der Waals surface area contributed by atoms with Gasteiger partial charge in [0.15, 0.2) is 0 Å². The number of carbonyl (C=O) groups excluding carboxylic acids is 1. The van der Waals surface area contributed by atoms with Gasteiger partial charge in [-0.25, -0.2) is 4.79 Å². The van der Waals surface area contributed by atoms with E-state index in [2.05, 4.69) is 5.32 Å². The summed E-state index contributed by atoms with van der Waals surface area (Å²) in [6.45, 7) is 3.72. The Kier molecular flexibility index (Phi) is 7.85. The molecule has 1 saturated heterocycles. The van der Waals surface area contributed by atoms with E-state index in [1.165, 1.54) is 0 Å². The van der Waals surface area contributed by atoms with Gasteiger partial charge in [0.25, 0.3) is 0 Å². The molecular formula is C18H28N2O4. The van der Waals surface area contributed by atoms with E-state index in [4.69, 9.17) is 14.2 Å². The number of ether oxygens (including phenoxy) is 3. The van der Waals surface area contributed by atoms with E-state index in [1.54, 1.807) is 19.1 Å². The lowest BCUT2D eigenvalue weighted by Gasteiger charge is -2.26. The minimum absolute atomic E-state index is 0.0801. The maximum Gasteiger partial charge on any atom is 0.317 e. The summed E-state index contributed by atoms with van der Waals surface area (Å²) in [5, 5.41) is 3.03. The van der Waals surface area contributed by atoms with Crippen LogP contribution in [0.4, 0.5) is 4.79 Å². The van der Waals surface area contributed by atoms with Crippen molar-refractivity contribution in [3.63, 3.8) is 0 Å². The summed E-state index contributed by atoms with van der Waals surface area (Å²) in [6.07, 6.45) is 2.17. The summed E-state index contributed by atoms with van der Waals surface area (Å²) in [6, 6.07) is 7.67. The van der Waals surface area contributed by atoms with Gasteiger partial charge in [-0.05, 0) is 24.8 Å². The first-order valence-corrected chi connectivity index (χ1v) is 8.46. The average Bonchev–Trinajstić information content (AvgIpc) is 2.64. The molecule has 0 spiro atoms. The monoisotopic (exact) mass is 336 g/mol. The van der Waals surface area contributed by atoms with Crippen molar-refractivity contribution in [1.29, 1.82) is 0 Å². The number of hydrogen-bond donors (Lipinski definition) is 1. The van der Waals surface area contributed by atoms with Gasteiger partial charge in [-0.1, -0.05) is 18.2 Å². The second kappa shape index (κ2) is 10.2. The highest BCUT2D eigenvalue weighted by Gasteiger charge is 2.19. The number of methoxy groups -OCH3 is 2. The Morgan fingerprint density at radius 1 is 1.38 bits per heavy atom. The molecular weight excluding hydrogens is 308 g/mol. The molecule has 6 heteroatoms. The van der Waals surface area contributed by atoms with Gasteiger partial charge in [0.2, 0.25) is 0 Å². The second-order valence-electron chi connectivity index (χ2n) is 6.00. The first-order chi connectivity index (χ1) is 11.7. The molecule has 1 aromatic rings. The quantitative estimate of drug-likeness (QED) is 0.791. The zero-order valence-corrected chi connectivity index (χ0v) is 14.6. The SMILES string of the molecule is COCCN(Cc1ccccc1OC)C(=O)NC[C@@H]1CCCOC1. The average molecular weight is 336 g/mol. The van der Waals surface area contributed by atoms with Gasteiger partial charge in [0, 0.05) is 32.4 Å². The topological polar surface area (TPSA) is 60.0 Å². The summed E-state index contributed by atoms with van der Waals surface area (Å²) < 4.78 is 16.0. The molecule has 1 N–H and O–H groups in total. The minimum atomic E-state index is -0.0801. The highest BCUT2D eigenvalue weighted by Crippen LogP contribution is 2.19. The van der Waals surface area contributed by atoms with Crippen LogP contribution >= 0.6 is 0 Å². The fourth-order valence-electron chi connectivity index (χ4n) is 2.80. The Morgan fingerprint density at radius 3 is 2.92 bits per heavy atom. The number of nitrogens with one attached hydrogen (secondary N) is 1. The number of nitrogens with zero attached hydrogens (tertiary/aromatic N) is 1. The molecule has 1 aromatic carbocycles.